The van der Waals surface area contributed by atoms with Crippen molar-refractivity contribution >= 4 is 22.7 Å². The summed E-state index contributed by atoms with van der Waals surface area (Å²) in [5.74, 6) is 2.82. The molecular weight excluding hydrogens is 446 g/mol. The number of rotatable bonds is 6. The second-order valence-corrected chi connectivity index (χ2v) is 8.82. The van der Waals surface area contributed by atoms with Crippen LogP contribution in [0.25, 0.3) is 22.3 Å². The van der Waals surface area contributed by atoms with E-state index in [1.807, 2.05) is 18.2 Å². The number of pyridine rings is 2. The first-order valence-electron chi connectivity index (χ1n) is 12.0. The third kappa shape index (κ3) is 4.85. The van der Waals surface area contributed by atoms with Gasteiger partial charge in [0.15, 0.2) is 5.82 Å². The summed E-state index contributed by atoms with van der Waals surface area (Å²) < 4.78 is 12.1. The van der Waals surface area contributed by atoms with Crippen LogP contribution in [0.5, 0.6) is 5.88 Å². The molecule has 11 nitrogen and oxygen atoms in total. The number of hydrogen-bond acceptors (Lipinski definition) is 10. The lowest BCUT2D eigenvalue weighted by molar-refractivity contribution is 0.122. The highest BCUT2D eigenvalue weighted by Gasteiger charge is 2.25. The molecule has 180 valence electrons. The number of ether oxygens (including phenoxy) is 2. The Morgan fingerprint density at radius 2 is 1.86 bits per heavy atom. The zero-order chi connectivity index (χ0) is 23.5. The lowest BCUT2D eigenvalue weighted by atomic mass is 9.93. The SMILES string of the molecule is c1cnc(NC2CCC(Oc3nc(N4CCOCC4)cc4ncc(-c5nnc[nH]5)cc34)CC2)nc1. The van der Waals surface area contributed by atoms with Crippen molar-refractivity contribution in [2.45, 2.75) is 37.8 Å². The van der Waals surface area contributed by atoms with Crippen LogP contribution in [-0.4, -0.2) is 73.6 Å². The van der Waals surface area contributed by atoms with Crippen LogP contribution >= 0.6 is 0 Å². The highest BCUT2D eigenvalue weighted by atomic mass is 16.5. The first-order valence-corrected chi connectivity index (χ1v) is 12.0. The molecule has 1 aliphatic carbocycles. The van der Waals surface area contributed by atoms with Crippen molar-refractivity contribution in [3.05, 3.63) is 43.1 Å². The molecule has 11 heteroatoms. The van der Waals surface area contributed by atoms with E-state index in [1.165, 1.54) is 0 Å². The van der Waals surface area contributed by atoms with E-state index < -0.39 is 0 Å². The van der Waals surface area contributed by atoms with Crippen LogP contribution in [0.2, 0.25) is 0 Å². The van der Waals surface area contributed by atoms with E-state index >= 15 is 0 Å². The molecule has 5 heterocycles. The highest BCUT2D eigenvalue weighted by molar-refractivity contribution is 5.88. The summed E-state index contributed by atoms with van der Waals surface area (Å²) in [7, 11) is 0. The van der Waals surface area contributed by atoms with Gasteiger partial charge in [0.1, 0.15) is 18.2 Å². The second kappa shape index (κ2) is 9.79. The van der Waals surface area contributed by atoms with Gasteiger partial charge in [-0.25, -0.2) is 9.97 Å². The fourth-order valence-electron chi connectivity index (χ4n) is 4.64. The maximum absolute atomic E-state index is 6.56. The predicted molar refractivity (Wildman–Crippen MR) is 130 cm³/mol. The Labute approximate surface area is 202 Å². The molecule has 0 aromatic carbocycles. The summed E-state index contributed by atoms with van der Waals surface area (Å²) in [6.45, 7) is 2.98. The largest absolute Gasteiger partial charge is 0.474 e. The number of anilines is 2. The van der Waals surface area contributed by atoms with E-state index in [1.54, 1.807) is 24.9 Å². The van der Waals surface area contributed by atoms with E-state index in [2.05, 4.69) is 35.4 Å². The fraction of sp³-hybridized carbons (Fsp3) is 0.417. The molecule has 0 radical (unpaired) electrons. The van der Waals surface area contributed by atoms with Gasteiger partial charge < -0.3 is 24.7 Å². The minimum atomic E-state index is 0.0781. The number of morpholine rings is 1. The van der Waals surface area contributed by atoms with Gasteiger partial charge in [-0.05, 0) is 37.8 Å². The summed E-state index contributed by atoms with van der Waals surface area (Å²) in [5.41, 5.74) is 1.69. The van der Waals surface area contributed by atoms with Gasteiger partial charge >= 0.3 is 0 Å². The van der Waals surface area contributed by atoms with E-state index in [0.717, 1.165) is 61.1 Å². The molecule has 1 aliphatic heterocycles. The van der Waals surface area contributed by atoms with Crippen LogP contribution in [0.4, 0.5) is 11.8 Å². The zero-order valence-corrected chi connectivity index (χ0v) is 19.3. The standard InChI is InChI=1S/C24H27N9O2/c1-6-25-24(26-7-1)30-17-2-4-18(5-3-17)35-23-19-12-16(22-28-15-29-32-22)14-27-20(19)13-21(31-23)33-8-10-34-11-9-33/h1,6-7,12-15,17-18H,2-5,8-11H2,(H,25,26,30)(H,28,29,32). The zero-order valence-electron chi connectivity index (χ0n) is 19.3. The Morgan fingerprint density at radius 1 is 1.03 bits per heavy atom. The van der Waals surface area contributed by atoms with Gasteiger partial charge in [-0.1, -0.05) is 0 Å². The number of nitrogens with one attached hydrogen (secondary N) is 2. The minimum Gasteiger partial charge on any atom is -0.474 e. The van der Waals surface area contributed by atoms with Crippen molar-refractivity contribution in [3.63, 3.8) is 0 Å². The molecule has 6 rings (SSSR count). The van der Waals surface area contributed by atoms with Gasteiger partial charge in [-0.2, -0.15) is 4.98 Å². The van der Waals surface area contributed by atoms with Crippen molar-refractivity contribution in [2.75, 3.05) is 36.5 Å². The Bertz CT molecular complexity index is 1250. The van der Waals surface area contributed by atoms with Gasteiger partial charge in [-0.3, -0.25) is 4.98 Å². The molecule has 2 aliphatic rings. The lowest BCUT2D eigenvalue weighted by Crippen LogP contribution is -2.37. The molecule has 0 spiro atoms. The van der Waals surface area contributed by atoms with Gasteiger partial charge in [0.25, 0.3) is 0 Å². The topological polar surface area (TPSA) is 127 Å². The first-order chi connectivity index (χ1) is 17.3. The highest BCUT2D eigenvalue weighted by Crippen LogP contribution is 2.33. The molecular formula is C24H27N9O2. The van der Waals surface area contributed by atoms with Crippen LogP contribution < -0.4 is 15.0 Å². The van der Waals surface area contributed by atoms with Crippen molar-refractivity contribution in [2.24, 2.45) is 0 Å². The monoisotopic (exact) mass is 473 g/mol. The molecule has 4 aromatic heterocycles. The lowest BCUT2D eigenvalue weighted by Gasteiger charge is -2.31. The molecule has 1 saturated heterocycles. The number of aromatic amines is 1. The number of aromatic nitrogens is 7. The van der Waals surface area contributed by atoms with E-state index in [0.29, 0.717) is 36.9 Å². The summed E-state index contributed by atoms with van der Waals surface area (Å²) in [6, 6.07) is 6.20. The Balaban J connectivity index is 1.24. The van der Waals surface area contributed by atoms with Gasteiger partial charge in [0.05, 0.1) is 24.1 Å². The van der Waals surface area contributed by atoms with E-state index in [-0.39, 0.29) is 6.10 Å². The summed E-state index contributed by atoms with van der Waals surface area (Å²) in [6.07, 6.45) is 10.7. The van der Waals surface area contributed by atoms with Crippen LogP contribution in [0.15, 0.2) is 43.1 Å². The quantitative estimate of drug-likeness (QED) is 0.431. The van der Waals surface area contributed by atoms with Crippen LogP contribution in [0, 0.1) is 0 Å². The third-order valence-electron chi connectivity index (χ3n) is 6.51. The molecule has 0 unspecified atom stereocenters. The van der Waals surface area contributed by atoms with Crippen molar-refractivity contribution < 1.29 is 9.47 Å². The van der Waals surface area contributed by atoms with Gasteiger partial charge in [0, 0.05) is 49.4 Å². The molecule has 35 heavy (non-hydrogen) atoms. The number of H-pyrrole nitrogens is 1. The third-order valence-corrected chi connectivity index (χ3v) is 6.51. The van der Waals surface area contributed by atoms with E-state index in [4.69, 9.17) is 19.4 Å². The number of nitrogens with zero attached hydrogens (tertiary/aromatic N) is 7. The molecule has 0 atom stereocenters. The molecule has 0 amide bonds. The predicted octanol–water partition coefficient (Wildman–Crippen LogP) is 2.84. The van der Waals surface area contributed by atoms with Crippen molar-refractivity contribution in [1.29, 1.82) is 0 Å². The van der Waals surface area contributed by atoms with Gasteiger partial charge in [-0.15, -0.1) is 10.2 Å². The summed E-state index contributed by atoms with van der Waals surface area (Å²) in [5, 5.41) is 12.3. The Morgan fingerprint density at radius 3 is 2.63 bits per heavy atom. The molecule has 0 bridgehead atoms. The maximum Gasteiger partial charge on any atom is 0.225 e. The first kappa shape index (κ1) is 21.7. The fourth-order valence-corrected chi connectivity index (χ4v) is 4.64. The van der Waals surface area contributed by atoms with Crippen LogP contribution in [0.1, 0.15) is 25.7 Å². The summed E-state index contributed by atoms with van der Waals surface area (Å²) >= 11 is 0. The van der Waals surface area contributed by atoms with Crippen LogP contribution in [-0.2, 0) is 4.74 Å². The molecule has 2 fully saturated rings. The molecule has 2 N–H and O–H groups in total. The summed E-state index contributed by atoms with van der Waals surface area (Å²) in [4.78, 5) is 23.5. The molecule has 1 saturated carbocycles. The second-order valence-electron chi connectivity index (χ2n) is 8.82. The number of fused-ring (bicyclic) bond motifs is 1. The molecule has 4 aromatic rings. The average molecular weight is 474 g/mol. The Hall–Kier alpha value is -3.86. The number of hydrogen-bond donors (Lipinski definition) is 2. The smallest absolute Gasteiger partial charge is 0.225 e. The Kier molecular flexibility index (Phi) is 6.06. The maximum atomic E-state index is 6.56. The van der Waals surface area contributed by atoms with E-state index in [9.17, 15) is 0 Å². The minimum absolute atomic E-state index is 0.0781. The van der Waals surface area contributed by atoms with Crippen molar-refractivity contribution in [3.8, 4) is 17.3 Å². The average Bonchev–Trinajstić information content (AvgIpc) is 3.46. The van der Waals surface area contributed by atoms with Crippen LogP contribution in [0.3, 0.4) is 0 Å². The van der Waals surface area contributed by atoms with Crippen molar-refractivity contribution in [1.82, 2.24) is 35.1 Å². The normalized spacial score (nSPS) is 20.6. The van der Waals surface area contributed by atoms with Gasteiger partial charge in [0.2, 0.25) is 11.8 Å².